The van der Waals surface area contributed by atoms with Crippen molar-refractivity contribution < 1.29 is 23.2 Å². The van der Waals surface area contributed by atoms with Crippen molar-refractivity contribution in [1.29, 1.82) is 0 Å². The maximum Gasteiger partial charge on any atom is 0.321 e. The van der Waals surface area contributed by atoms with E-state index in [0.29, 0.717) is 12.8 Å². The Labute approximate surface area is 132 Å². The summed E-state index contributed by atoms with van der Waals surface area (Å²) in [5.74, 6) is -1.35. The average molecular weight is 351 g/mol. The highest BCUT2D eigenvalue weighted by Crippen LogP contribution is 2.30. The van der Waals surface area contributed by atoms with Crippen LogP contribution in [0.1, 0.15) is 26.2 Å². The number of carboxylic acid groups (broad SMARTS) is 1. The lowest BCUT2D eigenvalue weighted by molar-refractivity contribution is -0.387. The highest BCUT2D eigenvalue weighted by atomic mass is 35.5. The Balaban J connectivity index is 3.24. The van der Waals surface area contributed by atoms with Gasteiger partial charge in [-0.3, -0.25) is 14.9 Å². The number of rotatable bonds is 8. The van der Waals surface area contributed by atoms with Crippen molar-refractivity contribution in [2.45, 2.75) is 37.1 Å². The van der Waals surface area contributed by atoms with Crippen LogP contribution in [0.5, 0.6) is 0 Å². The molecule has 1 atom stereocenters. The summed E-state index contributed by atoms with van der Waals surface area (Å²) in [6.07, 6.45) is 1.24. The number of nitro benzene ring substituents is 1. The van der Waals surface area contributed by atoms with Crippen molar-refractivity contribution in [3.05, 3.63) is 33.3 Å². The summed E-state index contributed by atoms with van der Waals surface area (Å²) < 4.78 is 26.5. The third-order valence-corrected chi connectivity index (χ3v) is 4.84. The fourth-order valence-electron chi connectivity index (χ4n) is 1.79. The van der Waals surface area contributed by atoms with Gasteiger partial charge in [0, 0.05) is 6.07 Å². The first-order valence-electron chi connectivity index (χ1n) is 6.38. The van der Waals surface area contributed by atoms with Crippen LogP contribution in [0.25, 0.3) is 0 Å². The number of hydrogen-bond acceptors (Lipinski definition) is 5. The van der Waals surface area contributed by atoms with Crippen LogP contribution in [-0.4, -0.2) is 30.5 Å². The smallest absolute Gasteiger partial charge is 0.321 e. The predicted octanol–water partition coefficient (Wildman–Crippen LogP) is 2.17. The van der Waals surface area contributed by atoms with Crippen LogP contribution < -0.4 is 4.72 Å². The lowest BCUT2D eigenvalue weighted by Gasteiger charge is -2.15. The van der Waals surface area contributed by atoms with Crippen LogP contribution in [0.2, 0.25) is 5.02 Å². The minimum atomic E-state index is -4.45. The van der Waals surface area contributed by atoms with E-state index >= 15 is 0 Å². The maximum absolute atomic E-state index is 12.3. The number of benzene rings is 1. The van der Waals surface area contributed by atoms with Crippen LogP contribution >= 0.6 is 11.6 Å². The highest BCUT2D eigenvalue weighted by molar-refractivity contribution is 7.89. The second-order valence-electron chi connectivity index (χ2n) is 4.50. The molecule has 0 aliphatic carbocycles. The molecule has 1 aromatic rings. The molecular formula is C12H15ClN2O6S. The molecule has 2 N–H and O–H groups in total. The first kappa shape index (κ1) is 18.3. The van der Waals surface area contributed by atoms with Crippen molar-refractivity contribution in [2.24, 2.45) is 0 Å². The molecule has 0 aliphatic rings. The van der Waals surface area contributed by atoms with Crippen molar-refractivity contribution >= 4 is 33.3 Å². The molecular weight excluding hydrogens is 336 g/mol. The summed E-state index contributed by atoms with van der Waals surface area (Å²) in [6, 6.07) is 2.04. The van der Waals surface area contributed by atoms with Crippen molar-refractivity contribution in [3.63, 3.8) is 0 Å². The number of hydrogen-bond donors (Lipinski definition) is 2. The normalized spacial score (nSPS) is 12.8. The third kappa shape index (κ3) is 4.39. The molecule has 0 amide bonds. The molecule has 0 aliphatic heterocycles. The molecule has 1 aromatic carbocycles. The van der Waals surface area contributed by atoms with Gasteiger partial charge in [0.15, 0.2) is 4.90 Å². The zero-order valence-electron chi connectivity index (χ0n) is 11.7. The Morgan fingerprint density at radius 3 is 2.64 bits per heavy atom. The second-order valence-corrected chi connectivity index (χ2v) is 6.56. The van der Waals surface area contributed by atoms with Gasteiger partial charge in [0.1, 0.15) is 6.04 Å². The van der Waals surface area contributed by atoms with Gasteiger partial charge >= 0.3 is 5.97 Å². The molecule has 0 saturated carbocycles. The van der Waals surface area contributed by atoms with Crippen LogP contribution in [-0.2, 0) is 14.8 Å². The summed E-state index contributed by atoms with van der Waals surface area (Å²) >= 11 is 5.75. The van der Waals surface area contributed by atoms with E-state index in [4.69, 9.17) is 16.7 Å². The molecule has 0 bridgehead atoms. The zero-order valence-corrected chi connectivity index (χ0v) is 13.2. The molecule has 10 heteroatoms. The Kier molecular flexibility index (Phi) is 6.27. The SMILES string of the molecule is CCCCC(NS(=O)(=O)c1c(Cl)cccc1[N+](=O)[O-])C(=O)O. The van der Waals surface area contributed by atoms with Crippen LogP contribution in [0, 0.1) is 10.1 Å². The molecule has 0 saturated heterocycles. The minimum Gasteiger partial charge on any atom is -0.480 e. The van der Waals surface area contributed by atoms with Gasteiger partial charge in [-0.15, -0.1) is 0 Å². The van der Waals surface area contributed by atoms with Gasteiger partial charge in [-0.25, -0.2) is 8.42 Å². The largest absolute Gasteiger partial charge is 0.480 e. The van der Waals surface area contributed by atoms with E-state index in [9.17, 15) is 23.3 Å². The van der Waals surface area contributed by atoms with E-state index in [1.807, 2.05) is 11.6 Å². The van der Waals surface area contributed by atoms with Crippen LogP contribution in [0.15, 0.2) is 23.1 Å². The first-order chi connectivity index (χ1) is 10.2. The summed E-state index contributed by atoms with van der Waals surface area (Å²) in [5, 5.41) is 19.7. The van der Waals surface area contributed by atoms with E-state index in [0.717, 1.165) is 6.07 Å². The standard InChI is InChI=1S/C12H15ClN2O6S/c1-2-3-6-9(12(16)17)14-22(20,21)11-8(13)5-4-7-10(11)15(18)19/h4-5,7,9,14H,2-3,6H2,1H3,(H,16,17). The van der Waals surface area contributed by atoms with Crippen molar-refractivity contribution in [1.82, 2.24) is 4.72 Å². The monoisotopic (exact) mass is 350 g/mol. The Morgan fingerprint density at radius 1 is 1.50 bits per heavy atom. The van der Waals surface area contributed by atoms with Gasteiger partial charge in [-0.05, 0) is 12.5 Å². The third-order valence-electron chi connectivity index (χ3n) is 2.85. The lowest BCUT2D eigenvalue weighted by Crippen LogP contribution is -2.40. The molecule has 1 rings (SSSR count). The summed E-state index contributed by atoms with van der Waals surface area (Å²) in [7, 11) is -4.45. The summed E-state index contributed by atoms with van der Waals surface area (Å²) in [4.78, 5) is 20.5. The van der Waals surface area contributed by atoms with E-state index in [2.05, 4.69) is 0 Å². The molecule has 8 nitrogen and oxygen atoms in total. The zero-order chi connectivity index (χ0) is 16.9. The molecule has 22 heavy (non-hydrogen) atoms. The molecule has 0 aromatic heterocycles. The predicted molar refractivity (Wildman–Crippen MR) is 79.4 cm³/mol. The van der Waals surface area contributed by atoms with Crippen LogP contribution in [0.4, 0.5) is 5.69 Å². The summed E-state index contributed by atoms with van der Waals surface area (Å²) in [5.41, 5.74) is -0.709. The summed E-state index contributed by atoms with van der Waals surface area (Å²) in [6.45, 7) is 1.83. The lowest BCUT2D eigenvalue weighted by atomic mass is 10.1. The Morgan fingerprint density at radius 2 is 2.14 bits per heavy atom. The van der Waals surface area contributed by atoms with Gasteiger partial charge in [-0.2, -0.15) is 4.72 Å². The van der Waals surface area contributed by atoms with Gasteiger partial charge in [-0.1, -0.05) is 37.4 Å². The molecule has 0 spiro atoms. The molecule has 1 unspecified atom stereocenters. The fourth-order valence-corrected chi connectivity index (χ4v) is 3.72. The number of sulfonamides is 1. The van der Waals surface area contributed by atoms with Gasteiger partial charge in [0.2, 0.25) is 10.0 Å². The van der Waals surface area contributed by atoms with Gasteiger partial charge in [0.05, 0.1) is 9.95 Å². The van der Waals surface area contributed by atoms with E-state index in [1.54, 1.807) is 0 Å². The maximum atomic E-state index is 12.3. The number of halogens is 1. The number of unbranched alkanes of at least 4 members (excludes halogenated alkanes) is 1. The fraction of sp³-hybridized carbons (Fsp3) is 0.417. The number of carbonyl (C=O) groups is 1. The minimum absolute atomic E-state index is 0.0727. The van der Waals surface area contributed by atoms with Crippen LogP contribution in [0.3, 0.4) is 0 Å². The Bertz CT molecular complexity index is 676. The number of nitrogens with one attached hydrogen (secondary N) is 1. The highest BCUT2D eigenvalue weighted by Gasteiger charge is 2.32. The molecule has 122 valence electrons. The van der Waals surface area contributed by atoms with Crippen molar-refractivity contribution in [3.8, 4) is 0 Å². The van der Waals surface area contributed by atoms with Gasteiger partial charge in [0.25, 0.3) is 5.69 Å². The van der Waals surface area contributed by atoms with Gasteiger partial charge < -0.3 is 5.11 Å². The number of nitro groups is 1. The first-order valence-corrected chi connectivity index (χ1v) is 8.24. The molecule has 0 radical (unpaired) electrons. The Hall–Kier alpha value is -1.71. The van der Waals surface area contributed by atoms with Crippen molar-refractivity contribution in [2.75, 3.05) is 0 Å². The number of aliphatic carboxylic acids is 1. The number of carboxylic acids is 1. The number of nitrogens with zero attached hydrogens (tertiary/aromatic N) is 1. The van der Waals surface area contributed by atoms with E-state index in [1.165, 1.54) is 12.1 Å². The van der Waals surface area contributed by atoms with E-state index in [-0.39, 0.29) is 11.4 Å². The molecule has 0 heterocycles. The topological polar surface area (TPSA) is 127 Å². The second kappa shape index (κ2) is 7.52. The quantitative estimate of drug-likeness (QED) is 0.546. The molecule has 0 fully saturated rings. The van der Waals surface area contributed by atoms with E-state index < -0.39 is 37.5 Å². The average Bonchev–Trinajstić information content (AvgIpc) is 2.42.